The van der Waals surface area contributed by atoms with Gasteiger partial charge in [0.1, 0.15) is 0 Å². The number of hydrogen-bond donors (Lipinski definition) is 2. The zero-order valence-electron chi connectivity index (χ0n) is 10.7. The van der Waals surface area contributed by atoms with Crippen LogP contribution in [0.15, 0.2) is 24.3 Å². The lowest BCUT2D eigenvalue weighted by Gasteiger charge is -2.14. The smallest absolute Gasteiger partial charge is 0.170 e. The number of hydrogen-bond acceptors (Lipinski definition) is 2. The number of benzene rings is 1. The summed E-state index contributed by atoms with van der Waals surface area (Å²) in [5.74, 6) is 0. The molecule has 0 spiro atoms. The van der Waals surface area contributed by atoms with Crippen LogP contribution >= 0.6 is 12.2 Å². The fraction of sp³-hybridized carbons (Fsp3) is 0.500. The summed E-state index contributed by atoms with van der Waals surface area (Å²) >= 11 is 5.25. The number of nitrogens with one attached hydrogen (secondary N) is 2. The quantitative estimate of drug-likeness (QED) is 0.819. The van der Waals surface area contributed by atoms with Crippen molar-refractivity contribution in [2.24, 2.45) is 0 Å². The molecule has 2 N–H and O–H groups in total. The monoisotopic (exact) mass is 264 g/mol. The first-order valence-electron chi connectivity index (χ1n) is 6.53. The first-order valence-corrected chi connectivity index (χ1v) is 6.94. The van der Waals surface area contributed by atoms with Gasteiger partial charge in [0.2, 0.25) is 0 Å². The zero-order chi connectivity index (χ0) is 12.8. The molecule has 1 aromatic carbocycles. The number of ether oxygens (including phenoxy) is 1. The largest absolute Gasteiger partial charge is 0.376 e. The fourth-order valence-electron chi connectivity index (χ4n) is 2.01. The van der Waals surface area contributed by atoms with Crippen LogP contribution < -0.4 is 10.6 Å². The summed E-state index contributed by atoms with van der Waals surface area (Å²) < 4.78 is 5.53. The summed E-state index contributed by atoms with van der Waals surface area (Å²) in [6.07, 6.45) is 3.65. The molecule has 0 saturated carbocycles. The molecule has 1 atom stereocenters. The lowest BCUT2D eigenvalue weighted by Crippen LogP contribution is -2.34. The Kier molecular flexibility index (Phi) is 4.96. The van der Waals surface area contributed by atoms with Crippen molar-refractivity contribution in [1.82, 2.24) is 5.32 Å². The molecule has 98 valence electrons. The molecule has 2 rings (SSSR count). The van der Waals surface area contributed by atoms with Crippen LogP contribution in [0.5, 0.6) is 0 Å². The van der Waals surface area contributed by atoms with Gasteiger partial charge in [-0.3, -0.25) is 0 Å². The minimum atomic E-state index is 0.312. The summed E-state index contributed by atoms with van der Waals surface area (Å²) in [5.41, 5.74) is 2.36. The second kappa shape index (κ2) is 6.71. The van der Waals surface area contributed by atoms with E-state index in [2.05, 4.69) is 41.8 Å². The van der Waals surface area contributed by atoms with Crippen LogP contribution in [0.4, 0.5) is 5.69 Å². The van der Waals surface area contributed by atoms with Gasteiger partial charge in [0, 0.05) is 18.8 Å². The van der Waals surface area contributed by atoms with Gasteiger partial charge in [0.05, 0.1) is 6.10 Å². The van der Waals surface area contributed by atoms with E-state index in [9.17, 15) is 0 Å². The lowest BCUT2D eigenvalue weighted by molar-refractivity contribution is 0.114. The van der Waals surface area contributed by atoms with Gasteiger partial charge in [-0.25, -0.2) is 0 Å². The van der Waals surface area contributed by atoms with Crippen LogP contribution in [0.2, 0.25) is 0 Å². The van der Waals surface area contributed by atoms with E-state index in [1.165, 1.54) is 5.56 Å². The molecule has 4 heteroatoms. The molecule has 18 heavy (non-hydrogen) atoms. The lowest BCUT2D eigenvalue weighted by atomic mass is 10.1. The molecule has 0 radical (unpaired) electrons. The standard InChI is InChI=1S/C14H20N2OS/c1-2-11-5-7-12(8-6-11)16-14(18)15-10-13-4-3-9-17-13/h5-8,13H,2-4,9-10H2,1H3,(H2,15,16,18). The maximum absolute atomic E-state index is 5.53. The molecule has 0 aromatic heterocycles. The van der Waals surface area contributed by atoms with E-state index < -0.39 is 0 Å². The van der Waals surface area contributed by atoms with Crippen molar-refractivity contribution in [3.05, 3.63) is 29.8 Å². The summed E-state index contributed by atoms with van der Waals surface area (Å²) in [7, 11) is 0. The summed E-state index contributed by atoms with van der Waals surface area (Å²) in [6.45, 7) is 3.82. The molecule has 1 aliphatic rings. The van der Waals surface area contributed by atoms with E-state index in [1.807, 2.05) is 0 Å². The molecule has 0 amide bonds. The van der Waals surface area contributed by atoms with Crippen molar-refractivity contribution in [2.45, 2.75) is 32.3 Å². The van der Waals surface area contributed by atoms with E-state index in [4.69, 9.17) is 17.0 Å². The Morgan fingerprint density at radius 1 is 1.39 bits per heavy atom. The van der Waals surface area contributed by atoms with Crippen molar-refractivity contribution in [1.29, 1.82) is 0 Å². The molecule has 1 saturated heterocycles. The Morgan fingerprint density at radius 2 is 2.17 bits per heavy atom. The van der Waals surface area contributed by atoms with Gasteiger partial charge in [-0.15, -0.1) is 0 Å². The highest BCUT2D eigenvalue weighted by Gasteiger charge is 2.15. The fourth-order valence-corrected chi connectivity index (χ4v) is 2.21. The molecule has 0 bridgehead atoms. The van der Waals surface area contributed by atoms with Gasteiger partial charge in [-0.2, -0.15) is 0 Å². The van der Waals surface area contributed by atoms with Gasteiger partial charge >= 0.3 is 0 Å². The van der Waals surface area contributed by atoms with Gasteiger partial charge < -0.3 is 15.4 Å². The van der Waals surface area contributed by atoms with Gasteiger partial charge in [0.15, 0.2) is 5.11 Å². The van der Waals surface area contributed by atoms with Gasteiger partial charge in [-0.05, 0) is 49.2 Å². The second-order valence-corrected chi connectivity index (χ2v) is 4.93. The molecule has 1 aliphatic heterocycles. The van der Waals surface area contributed by atoms with Crippen molar-refractivity contribution < 1.29 is 4.74 Å². The Balaban J connectivity index is 1.75. The summed E-state index contributed by atoms with van der Waals surface area (Å²) in [5, 5.41) is 7.04. The SMILES string of the molecule is CCc1ccc(NC(=S)NCC2CCCO2)cc1. The first kappa shape index (κ1) is 13.3. The third-order valence-corrected chi connectivity index (χ3v) is 3.38. The Bertz CT molecular complexity index is 385. The van der Waals surface area contributed by atoms with Crippen molar-refractivity contribution in [3.63, 3.8) is 0 Å². The van der Waals surface area contributed by atoms with Crippen molar-refractivity contribution >= 4 is 23.0 Å². The predicted octanol–water partition coefficient (Wildman–Crippen LogP) is 2.71. The predicted molar refractivity (Wildman–Crippen MR) is 79.0 cm³/mol. The van der Waals surface area contributed by atoms with Crippen LogP contribution in [0.25, 0.3) is 0 Å². The average Bonchev–Trinajstić information content (AvgIpc) is 2.90. The Hall–Kier alpha value is -1.13. The second-order valence-electron chi connectivity index (χ2n) is 4.52. The molecule has 1 unspecified atom stereocenters. The highest BCUT2D eigenvalue weighted by atomic mass is 32.1. The normalized spacial score (nSPS) is 18.6. The Morgan fingerprint density at radius 3 is 2.78 bits per heavy atom. The van der Waals surface area contributed by atoms with E-state index in [0.29, 0.717) is 11.2 Å². The number of thiocarbonyl (C=S) groups is 1. The highest BCUT2D eigenvalue weighted by Crippen LogP contribution is 2.11. The first-order chi connectivity index (χ1) is 8.78. The maximum atomic E-state index is 5.53. The molecule has 0 aliphatic carbocycles. The molecule has 3 nitrogen and oxygen atoms in total. The maximum Gasteiger partial charge on any atom is 0.170 e. The van der Waals surface area contributed by atoms with Crippen LogP contribution in [-0.2, 0) is 11.2 Å². The van der Waals surface area contributed by atoms with Gasteiger partial charge in [-0.1, -0.05) is 19.1 Å². The molecular weight excluding hydrogens is 244 g/mol. The number of rotatable bonds is 4. The average molecular weight is 264 g/mol. The molecular formula is C14H20N2OS. The Labute approximate surface area is 114 Å². The van der Waals surface area contributed by atoms with E-state index in [0.717, 1.165) is 38.1 Å². The third-order valence-electron chi connectivity index (χ3n) is 3.13. The highest BCUT2D eigenvalue weighted by molar-refractivity contribution is 7.80. The number of aryl methyl sites for hydroxylation is 1. The minimum absolute atomic E-state index is 0.312. The topological polar surface area (TPSA) is 33.3 Å². The summed E-state index contributed by atoms with van der Waals surface area (Å²) in [6, 6.07) is 8.34. The minimum Gasteiger partial charge on any atom is -0.376 e. The number of anilines is 1. The van der Waals surface area contributed by atoms with E-state index in [-0.39, 0.29) is 0 Å². The van der Waals surface area contributed by atoms with Crippen LogP contribution in [0.1, 0.15) is 25.3 Å². The van der Waals surface area contributed by atoms with Crippen molar-refractivity contribution in [2.75, 3.05) is 18.5 Å². The van der Waals surface area contributed by atoms with Crippen LogP contribution in [0.3, 0.4) is 0 Å². The van der Waals surface area contributed by atoms with E-state index in [1.54, 1.807) is 0 Å². The van der Waals surface area contributed by atoms with Gasteiger partial charge in [0.25, 0.3) is 0 Å². The molecule has 1 fully saturated rings. The van der Waals surface area contributed by atoms with Crippen LogP contribution in [-0.4, -0.2) is 24.4 Å². The van der Waals surface area contributed by atoms with Crippen molar-refractivity contribution in [3.8, 4) is 0 Å². The molecule has 1 aromatic rings. The molecule has 1 heterocycles. The summed E-state index contributed by atoms with van der Waals surface area (Å²) in [4.78, 5) is 0. The van der Waals surface area contributed by atoms with E-state index >= 15 is 0 Å². The third kappa shape index (κ3) is 3.96. The van der Waals surface area contributed by atoms with Crippen LogP contribution in [0, 0.1) is 0 Å². The zero-order valence-corrected chi connectivity index (χ0v) is 11.6.